The third-order valence-electron chi connectivity index (χ3n) is 8.40. The third-order valence-corrected chi connectivity index (χ3v) is 8.40. The number of carbonyl (C=O) groups is 1. The first kappa shape index (κ1) is 30.5. The number of aromatic nitrogens is 6. The van der Waals surface area contributed by atoms with Gasteiger partial charge in [-0.15, -0.1) is 10.2 Å². The summed E-state index contributed by atoms with van der Waals surface area (Å²) in [6.45, 7) is 2.87. The van der Waals surface area contributed by atoms with Gasteiger partial charge in [-0.3, -0.25) is 19.1 Å². The lowest BCUT2D eigenvalue weighted by Crippen LogP contribution is -2.39. The van der Waals surface area contributed by atoms with Gasteiger partial charge in [-0.05, 0) is 55.3 Å². The van der Waals surface area contributed by atoms with Crippen molar-refractivity contribution in [1.82, 2.24) is 29.7 Å². The van der Waals surface area contributed by atoms with E-state index in [0.29, 0.717) is 22.8 Å². The van der Waals surface area contributed by atoms with Gasteiger partial charge in [-0.1, -0.05) is 0 Å². The van der Waals surface area contributed by atoms with Crippen LogP contribution >= 0.6 is 0 Å². The maximum absolute atomic E-state index is 13.0. The largest absolute Gasteiger partial charge is 0.416 e. The Bertz CT molecular complexity index is 1960. The zero-order chi connectivity index (χ0) is 32.7. The van der Waals surface area contributed by atoms with E-state index in [2.05, 4.69) is 40.7 Å². The van der Waals surface area contributed by atoms with Gasteiger partial charge < -0.3 is 40.6 Å². The molecule has 7 rings (SSSR count). The summed E-state index contributed by atoms with van der Waals surface area (Å²) in [5.74, 6) is 0.353. The Morgan fingerprint density at radius 3 is 2.51 bits per heavy atom. The molecule has 2 aliphatic rings. The number of amides is 1. The Labute approximate surface area is 267 Å². The van der Waals surface area contributed by atoms with Gasteiger partial charge >= 0.3 is 0 Å². The second-order valence-corrected chi connectivity index (χ2v) is 11.7. The molecule has 5 aromatic rings. The second kappa shape index (κ2) is 12.6. The second-order valence-electron chi connectivity index (χ2n) is 11.7. The first-order valence-electron chi connectivity index (χ1n) is 15.3. The highest BCUT2D eigenvalue weighted by Gasteiger charge is 2.35. The highest BCUT2D eigenvalue weighted by atomic mass is 16.5. The van der Waals surface area contributed by atoms with Crippen molar-refractivity contribution in [2.24, 2.45) is 5.73 Å². The summed E-state index contributed by atoms with van der Waals surface area (Å²) in [5.41, 5.74) is 9.06. The third kappa shape index (κ3) is 6.18. The van der Waals surface area contributed by atoms with E-state index in [9.17, 15) is 19.8 Å². The number of aliphatic hydroxyl groups excluding tert-OH is 2. The molecule has 47 heavy (non-hydrogen) atoms. The van der Waals surface area contributed by atoms with Gasteiger partial charge in [0, 0.05) is 49.3 Å². The van der Waals surface area contributed by atoms with E-state index in [1.807, 2.05) is 24.3 Å². The van der Waals surface area contributed by atoms with Crippen molar-refractivity contribution in [3.63, 3.8) is 0 Å². The number of fused-ring (bicyclic) bond motifs is 1. The fourth-order valence-corrected chi connectivity index (χ4v) is 5.88. The van der Waals surface area contributed by atoms with Crippen LogP contribution in [0.15, 0.2) is 58.0 Å². The maximum atomic E-state index is 13.0. The first-order valence-corrected chi connectivity index (χ1v) is 15.3. The average molecular weight is 643 g/mol. The number of hydrogen-bond acceptors (Lipinski definition) is 13. The minimum atomic E-state index is -0.881. The summed E-state index contributed by atoms with van der Waals surface area (Å²) in [6.07, 6.45) is 1.19. The molecule has 244 valence electrons. The molecule has 2 aliphatic heterocycles. The van der Waals surface area contributed by atoms with Gasteiger partial charge in [0.2, 0.25) is 23.6 Å². The number of carbonyl (C=O) groups excluding carboxylic acids is 1. The molecule has 3 aromatic heterocycles. The number of piperidine rings is 1. The first-order chi connectivity index (χ1) is 22.7. The van der Waals surface area contributed by atoms with Crippen molar-refractivity contribution in [3.8, 4) is 22.9 Å². The van der Waals surface area contributed by atoms with Gasteiger partial charge in [0.1, 0.15) is 12.3 Å². The van der Waals surface area contributed by atoms with Crippen LogP contribution in [0.3, 0.4) is 0 Å². The van der Waals surface area contributed by atoms with Gasteiger partial charge in [0.25, 0.3) is 5.56 Å². The molecule has 0 bridgehead atoms. The summed E-state index contributed by atoms with van der Waals surface area (Å²) in [5, 5.41) is 34.1. The van der Waals surface area contributed by atoms with Crippen LogP contribution in [0.25, 0.3) is 34.1 Å². The molecular weight excluding hydrogens is 608 g/mol. The molecule has 1 amide bonds. The molecule has 2 fully saturated rings. The highest BCUT2D eigenvalue weighted by molar-refractivity contribution is 5.94. The molecule has 2 aromatic carbocycles. The quantitative estimate of drug-likeness (QED) is 0.143. The van der Waals surface area contributed by atoms with Gasteiger partial charge in [-0.25, -0.2) is 4.98 Å². The number of imidazole rings is 1. The summed E-state index contributed by atoms with van der Waals surface area (Å²) in [7, 11) is 0. The van der Waals surface area contributed by atoms with Crippen LogP contribution in [0, 0.1) is 0 Å². The van der Waals surface area contributed by atoms with Crippen molar-refractivity contribution in [3.05, 3.63) is 59.1 Å². The smallest absolute Gasteiger partial charge is 0.280 e. The van der Waals surface area contributed by atoms with E-state index >= 15 is 0 Å². The number of nitrogens with two attached hydrogens (primary N) is 1. The molecule has 7 N–H and O–H groups in total. The minimum absolute atomic E-state index is 0.0623. The van der Waals surface area contributed by atoms with Crippen LogP contribution in [0.4, 0.5) is 23.0 Å². The van der Waals surface area contributed by atoms with Gasteiger partial charge in [-0.2, -0.15) is 4.98 Å². The van der Waals surface area contributed by atoms with E-state index in [0.717, 1.165) is 37.2 Å². The molecule has 0 spiro atoms. The summed E-state index contributed by atoms with van der Waals surface area (Å²) in [4.78, 5) is 38.7. The predicted octanol–water partition coefficient (Wildman–Crippen LogP) is 2.11. The number of hydrogen-bond donors (Lipinski definition) is 6. The fourth-order valence-electron chi connectivity index (χ4n) is 5.88. The SMILES string of the molecule is CC(=O)Nc1ccc(-c2nnc(-c3ccc(N4CCC(N)CC4)cc3)o2)cc1Nc1nc2c(ncn2[C@H]2CC(O)[C@@H](CO)O2)c(=O)[nH]1. The molecule has 1 unspecified atom stereocenters. The number of benzene rings is 2. The summed E-state index contributed by atoms with van der Waals surface area (Å²) in [6, 6.07) is 13.3. The van der Waals surface area contributed by atoms with Crippen molar-refractivity contribution in [2.75, 3.05) is 35.2 Å². The maximum Gasteiger partial charge on any atom is 0.280 e. The normalized spacial score (nSPS) is 20.2. The molecule has 0 saturated carbocycles. The van der Waals surface area contributed by atoms with Crippen LogP contribution in [-0.4, -0.2) is 83.8 Å². The number of rotatable bonds is 8. The highest BCUT2D eigenvalue weighted by Crippen LogP contribution is 2.33. The number of ether oxygens (including phenoxy) is 1. The van der Waals surface area contributed by atoms with Crippen LogP contribution in [0.1, 0.15) is 32.4 Å². The Balaban J connectivity index is 1.16. The van der Waals surface area contributed by atoms with Crippen molar-refractivity contribution in [1.29, 1.82) is 0 Å². The Kier molecular flexibility index (Phi) is 8.15. The molecule has 16 nitrogen and oxygen atoms in total. The average Bonchev–Trinajstić information content (AvgIpc) is 3.81. The van der Waals surface area contributed by atoms with E-state index in [4.69, 9.17) is 14.9 Å². The summed E-state index contributed by atoms with van der Waals surface area (Å²) < 4.78 is 13.3. The monoisotopic (exact) mass is 642 g/mol. The molecule has 3 atom stereocenters. The minimum Gasteiger partial charge on any atom is -0.416 e. The molecule has 16 heteroatoms. The molecule has 2 saturated heterocycles. The Hall–Kier alpha value is -5.16. The van der Waals surface area contributed by atoms with Crippen LogP contribution in [0.2, 0.25) is 0 Å². The van der Waals surface area contributed by atoms with Crippen LogP contribution < -0.4 is 26.8 Å². The molecule has 0 radical (unpaired) electrons. The molecule has 0 aliphatic carbocycles. The number of anilines is 4. The zero-order valence-corrected chi connectivity index (χ0v) is 25.5. The van der Waals surface area contributed by atoms with E-state index < -0.39 is 24.0 Å². The van der Waals surface area contributed by atoms with Crippen LogP contribution in [-0.2, 0) is 9.53 Å². The van der Waals surface area contributed by atoms with Gasteiger partial charge in [0.05, 0.1) is 30.4 Å². The number of H-pyrrole nitrogens is 1. The zero-order valence-electron chi connectivity index (χ0n) is 25.5. The summed E-state index contributed by atoms with van der Waals surface area (Å²) >= 11 is 0. The fraction of sp³-hybridized carbons (Fsp3) is 0.355. The topological polar surface area (TPSA) is 223 Å². The van der Waals surface area contributed by atoms with E-state index in [1.165, 1.54) is 17.8 Å². The Morgan fingerprint density at radius 2 is 1.81 bits per heavy atom. The van der Waals surface area contributed by atoms with Crippen molar-refractivity contribution >= 4 is 40.1 Å². The predicted molar refractivity (Wildman–Crippen MR) is 172 cm³/mol. The molecular formula is C31H34N10O6. The van der Waals surface area contributed by atoms with E-state index in [1.54, 1.807) is 18.2 Å². The lowest BCUT2D eigenvalue weighted by Gasteiger charge is -2.32. The van der Waals surface area contributed by atoms with Crippen LogP contribution in [0.5, 0.6) is 0 Å². The lowest BCUT2D eigenvalue weighted by molar-refractivity contribution is -0.114. The van der Waals surface area contributed by atoms with Gasteiger partial charge in [0.15, 0.2) is 11.2 Å². The van der Waals surface area contributed by atoms with Crippen molar-refractivity contribution < 1.29 is 24.2 Å². The standard InChI is InChI=1S/C31H34N10O6/c1-16(43)34-21-7-4-18(30-39-38-29(47-30)17-2-5-20(6-3-17)40-10-8-19(32)9-11-40)12-22(21)35-31-36-27-26(28(45)37-31)33-15-41(27)25-13-23(44)24(14-42)46-25/h2-7,12,15,19,23-25,42,44H,8-11,13-14,32H2,1H3,(H,34,43)(H2,35,36,37,45)/t23?,24-,25-/m1/s1. The lowest BCUT2D eigenvalue weighted by atomic mass is 10.1. The number of nitrogens with one attached hydrogen (secondary N) is 3. The molecule has 5 heterocycles. The number of aliphatic hydroxyl groups is 2. The number of nitrogens with zero attached hydrogens (tertiary/aromatic N) is 6. The van der Waals surface area contributed by atoms with Crippen molar-refractivity contribution in [2.45, 2.75) is 50.7 Å². The number of aromatic amines is 1. The Morgan fingerprint density at radius 1 is 1.09 bits per heavy atom. The van der Waals surface area contributed by atoms with E-state index in [-0.39, 0.29) is 48.0 Å².